The summed E-state index contributed by atoms with van der Waals surface area (Å²) in [7, 11) is -2.46. The average Bonchev–Trinajstić information content (AvgIpc) is 2.34. The summed E-state index contributed by atoms with van der Waals surface area (Å²) in [6.07, 6.45) is -1.73. The fourth-order valence-corrected chi connectivity index (χ4v) is 1.57. The molecule has 0 aliphatic heterocycles. The maximum absolute atomic E-state index is 11.5. The van der Waals surface area contributed by atoms with E-state index in [9.17, 15) is 19.6 Å². The smallest absolute Gasteiger partial charge is 0.349 e. The normalized spacial score (nSPS) is 14.5. The van der Waals surface area contributed by atoms with Gasteiger partial charge in [0.05, 0.1) is 13.0 Å². The lowest BCUT2D eigenvalue weighted by Gasteiger charge is -2.29. The number of amides is 1. The first kappa shape index (κ1) is 17.8. The highest BCUT2D eigenvalue weighted by Gasteiger charge is 2.34. The van der Waals surface area contributed by atoms with Crippen molar-refractivity contribution >= 4 is 20.4 Å². The van der Waals surface area contributed by atoms with E-state index in [0.29, 0.717) is 0 Å². The van der Waals surface area contributed by atoms with Crippen molar-refractivity contribution in [2.45, 2.75) is 26.4 Å². The van der Waals surface area contributed by atoms with E-state index >= 15 is 0 Å². The molecule has 0 bridgehead atoms. The van der Waals surface area contributed by atoms with Crippen LogP contribution in [0.15, 0.2) is 4.95 Å². The predicted molar refractivity (Wildman–Crippen MR) is 65.9 cm³/mol. The van der Waals surface area contributed by atoms with Gasteiger partial charge in [0.15, 0.2) is 0 Å². The van der Waals surface area contributed by atoms with E-state index in [1.807, 2.05) is 0 Å². The number of carbonyl (C=O) groups is 2. The Morgan fingerprint density at radius 3 is 2.53 bits per heavy atom. The van der Waals surface area contributed by atoms with Gasteiger partial charge in [0.25, 0.3) is 0 Å². The molecule has 10 heteroatoms. The number of carbonyl (C=O) groups excluding carboxylic acids is 1. The molecule has 0 rings (SSSR count). The van der Waals surface area contributed by atoms with Crippen LogP contribution >= 0.6 is 8.53 Å². The van der Waals surface area contributed by atoms with E-state index in [4.69, 9.17) is 10.00 Å². The standard InChI is InChI=1S/C9H17N2O7P/c1-9(2,5-18-19(17)11-16)7(14)8(15)10-4-3-6(12)13/h7,14,17H,3-5H2,1-2H3,(H,10,15)(H,12,13). The van der Waals surface area contributed by atoms with Crippen LogP contribution in [0.3, 0.4) is 0 Å². The number of nitroso groups, excluding NO2 is 1. The van der Waals surface area contributed by atoms with Gasteiger partial charge in [-0.25, -0.2) is 0 Å². The van der Waals surface area contributed by atoms with Crippen LogP contribution in [0, 0.1) is 10.3 Å². The first-order valence-corrected chi connectivity index (χ1v) is 6.50. The fraction of sp³-hybridized carbons (Fsp3) is 0.778. The van der Waals surface area contributed by atoms with Gasteiger partial charge in [-0.15, -0.1) is 4.91 Å². The third kappa shape index (κ3) is 7.12. The van der Waals surface area contributed by atoms with Crippen LogP contribution in [0.1, 0.15) is 20.3 Å². The highest BCUT2D eigenvalue weighted by Crippen LogP contribution is 2.35. The predicted octanol–water partition coefficient (Wildman–Crippen LogP) is -0.0334. The molecular formula is C9H17N2O7P. The number of hydrogen-bond acceptors (Lipinski definition) is 7. The lowest BCUT2D eigenvalue weighted by molar-refractivity contribution is -0.138. The fourth-order valence-electron chi connectivity index (χ4n) is 1.07. The highest BCUT2D eigenvalue weighted by molar-refractivity contribution is 7.44. The van der Waals surface area contributed by atoms with Gasteiger partial charge < -0.3 is 24.9 Å². The van der Waals surface area contributed by atoms with Crippen LogP contribution < -0.4 is 5.32 Å². The number of rotatable bonds is 9. The maximum Gasteiger partial charge on any atom is 0.349 e. The Balaban J connectivity index is 4.27. The summed E-state index contributed by atoms with van der Waals surface area (Å²) in [6.45, 7) is 2.62. The second-order valence-electron chi connectivity index (χ2n) is 4.43. The third-order valence-electron chi connectivity index (χ3n) is 2.25. The van der Waals surface area contributed by atoms with Gasteiger partial charge in [-0.3, -0.25) is 9.59 Å². The van der Waals surface area contributed by atoms with Gasteiger partial charge in [-0.2, -0.15) is 0 Å². The molecule has 19 heavy (non-hydrogen) atoms. The number of nitrogens with zero attached hydrogens (tertiary/aromatic N) is 1. The minimum Gasteiger partial charge on any atom is -0.481 e. The van der Waals surface area contributed by atoms with Crippen LogP contribution in [-0.4, -0.2) is 46.2 Å². The van der Waals surface area contributed by atoms with Gasteiger partial charge >= 0.3 is 14.5 Å². The molecule has 2 atom stereocenters. The summed E-state index contributed by atoms with van der Waals surface area (Å²) in [6, 6.07) is 0. The lowest BCUT2D eigenvalue weighted by Crippen LogP contribution is -2.46. The first-order chi connectivity index (χ1) is 8.70. The van der Waals surface area contributed by atoms with E-state index in [-0.39, 0.29) is 19.6 Å². The van der Waals surface area contributed by atoms with E-state index in [1.54, 1.807) is 0 Å². The Bertz CT molecular complexity index is 337. The number of aliphatic hydroxyl groups is 1. The zero-order chi connectivity index (χ0) is 15.1. The molecule has 0 heterocycles. The molecule has 0 aromatic rings. The van der Waals surface area contributed by atoms with Crippen LogP contribution in [0.2, 0.25) is 0 Å². The Morgan fingerprint density at radius 2 is 2.05 bits per heavy atom. The largest absolute Gasteiger partial charge is 0.481 e. The van der Waals surface area contributed by atoms with Crippen LogP contribution in [0.5, 0.6) is 0 Å². The molecule has 110 valence electrons. The molecule has 2 unspecified atom stereocenters. The Morgan fingerprint density at radius 1 is 1.47 bits per heavy atom. The van der Waals surface area contributed by atoms with Crippen molar-refractivity contribution < 1.29 is 29.2 Å². The topological polar surface area (TPSA) is 146 Å². The van der Waals surface area contributed by atoms with E-state index in [0.717, 1.165) is 0 Å². The van der Waals surface area contributed by atoms with Crippen LogP contribution in [0.4, 0.5) is 0 Å². The highest BCUT2D eigenvalue weighted by atomic mass is 31.2. The van der Waals surface area contributed by atoms with Gasteiger partial charge in [0.2, 0.25) is 5.91 Å². The van der Waals surface area contributed by atoms with Crippen molar-refractivity contribution in [3.05, 3.63) is 4.91 Å². The third-order valence-corrected chi connectivity index (χ3v) is 2.75. The van der Waals surface area contributed by atoms with Crippen molar-refractivity contribution in [3.63, 3.8) is 0 Å². The maximum atomic E-state index is 11.5. The minimum atomic E-state index is -2.46. The molecule has 0 aromatic carbocycles. The molecule has 0 saturated carbocycles. The SMILES string of the molecule is CC(C)(COP(O)N=O)C(O)C(=O)NCCC(=O)O. The molecule has 0 aliphatic rings. The van der Waals surface area contributed by atoms with Gasteiger partial charge in [0, 0.05) is 16.9 Å². The summed E-state index contributed by atoms with van der Waals surface area (Å²) in [5, 5.41) is 20.4. The summed E-state index contributed by atoms with van der Waals surface area (Å²) in [4.78, 5) is 42.9. The van der Waals surface area contributed by atoms with Crippen LogP contribution in [-0.2, 0) is 14.1 Å². The molecule has 4 N–H and O–H groups in total. The number of nitrogens with one attached hydrogen (secondary N) is 1. The molecule has 0 saturated heterocycles. The van der Waals surface area contributed by atoms with Gasteiger partial charge in [-0.1, -0.05) is 13.8 Å². The Hall–Kier alpha value is -1.15. The molecule has 0 radical (unpaired) electrons. The summed E-state index contributed by atoms with van der Waals surface area (Å²) in [5.41, 5.74) is -1.07. The van der Waals surface area contributed by atoms with Gasteiger partial charge in [0.1, 0.15) is 6.10 Å². The number of carboxylic acids is 1. The van der Waals surface area contributed by atoms with Crippen molar-refractivity contribution in [3.8, 4) is 0 Å². The quantitative estimate of drug-likeness (QED) is 0.345. The van der Waals surface area contributed by atoms with Crippen LogP contribution in [0.25, 0.3) is 0 Å². The van der Waals surface area contributed by atoms with E-state index in [1.165, 1.54) is 13.8 Å². The second kappa shape index (κ2) is 8.11. The zero-order valence-corrected chi connectivity index (χ0v) is 11.5. The summed E-state index contributed by atoms with van der Waals surface area (Å²) >= 11 is 0. The second-order valence-corrected chi connectivity index (χ2v) is 5.36. The monoisotopic (exact) mass is 296 g/mol. The zero-order valence-electron chi connectivity index (χ0n) is 10.6. The molecular weight excluding hydrogens is 279 g/mol. The van der Waals surface area contributed by atoms with Crippen molar-refractivity contribution in [1.82, 2.24) is 5.32 Å². The molecule has 9 nitrogen and oxygen atoms in total. The molecule has 1 amide bonds. The van der Waals surface area contributed by atoms with E-state index in [2.05, 4.69) is 14.8 Å². The number of aliphatic hydroxyl groups excluding tert-OH is 1. The van der Waals surface area contributed by atoms with E-state index < -0.39 is 31.9 Å². The number of hydrogen-bond donors (Lipinski definition) is 4. The number of carboxylic acid groups (broad SMARTS) is 1. The Labute approximate surface area is 110 Å². The lowest BCUT2D eigenvalue weighted by atomic mass is 9.87. The first-order valence-electron chi connectivity index (χ1n) is 5.33. The number of aliphatic carboxylic acids is 1. The Kier molecular flexibility index (Phi) is 7.62. The molecule has 0 aliphatic carbocycles. The van der Waals surface area contributed by atoms with Gasteiger partial charge in [-0.05, 0) is 0 Å². The van der Waals surface area contributed by atoms with Crippen molar-refractivity contribution in [1.29, 1.82) is 0 Å². The minimum absolute atomic E-state index is 0.106. The molecule has 0 spiro atoms. The van der Waals surface area contributed by atoms with Crippen molar-refractivity contribution in [2.24, 2.45) is 10.4 Å². The molecule has 0 fully saturated rings. The molecule has 0 aromatic heterocycles. The summed E-state index contributed by atoms with van der Waals surface area (Å²) in [5.74, 6) is -1.82. The average molecular weight is 296 g/mol. The summed E-state index contributed by atoms with van der Waals surface area (Å²) < 4.78 is 4.68. The van der Waals surface area contributed by atoms with Crippen molar-refractivity contribution in [2.75, 3.05) is 13.2 Å².